The summed E-state index contributed by atoms with van der Waals surface area (Å²) in [6.07, 6.45) is 3.50. The van der Waals surface area contributed by atoms with Crippen LogP contribution in [0.2, 0.25) is 0 Å². The van der Waals surface area contributed by atoms with Crippen LogP contribution >= 0.6 is 0 Å². The molecule has 1 unspecified atom stereocenters. The van der Waals surface area contributed by atoms with E-state index in [1.165, 1.54) is 0 Å². The quantitative estimate of drug-likeness (QED) is 0.633. The standard InChI is InChI=1S/C21H21NO3S/c1-4-25-21(23)20-18(12-13-22(20)2)16-10-11-17(19(14-16)26(3)24)15-8-6-5-7-9-15/h5-14H,4H2,1-3H3. The van der Waals surface area contributed by atoms with Crippen molar-refractivity contribution in [2.75, 3.05) is 12.9 Å². The van der Waals surface area contributed by atoms with Gasteiger partial charge in [0.15, 0.2) is 0 Å². The molecule has 0 bridgehead atoms. The molecule has 134 valence electrons. The lowest BCUT2D eigenvalue weighted by Crippen LogP contribution is -2.10. The van der Waals surface area contributed by atoms with E-state index >= 15 is 0 Å². The van der Waals surface area contributed by atoms with Crippen LogP contribution in [0.3, 0.4) is 0 Å². The molecule has 1 aromatic heterocycles. The van der Waals surface area contributed by atoms with Gasteiger partial charge in [-0.25, -0.2) is 4.79 Å². The molecule has 0 aliphatic carbocycles. The van der Waals surface area contributed by atoms with Crippen molar-refractivity contribution in [3.63, 3.8) is 0 Å². The van der Waals surface area contributed by atoms with E-state index in [0.29, 0.717) is 12.3 Å². The molecule has 3 aromatic rings. The first-order valence-electron chi connectivity index (χ1n) is 8.38. The van der Waals surface area contributed by atoms with Crippen molar-refractivity contribution in [2.24, 2.45) is 7.05 Å². The summed E-state index contributed by atoms with van der Waals surface area (Å²) in [5.74, 6) is -0.360. The fourth-order valence-corrected chi connectivity index (χ4v) is 3.79. The van der Waals surface area contributed by atoms with Crippen molar-refractivity contribution in [1.29, 1.82) is 0 Å². The van der Waals surface area contributed by atoms with E-state index in [-0.39, 0.29) is 5.97 Å². The van der Waals surface area contributed by atoms with E-state index in [9.17, 15) is 9.00 Å². The van der Waals surface area contributed by atoms with Gasteiger partial charge in [-0.15, -0.1) is 0 Å². The predicted molar refractivity (Wildman–Crippen MR) is 105 cm³/mol. The second-order valence-electron chi connectivity index (χ2n) is 5.94. The molecule has 2 aromatic carbocycles. The highest BCUT2D eigenvalue weighted by Crippen LogP contribution is 2.32. The lowest BCUT2D eigenvalue weighted by molar-refractivity contribution is 0.0516. The average Bonchev–Trinajstić information content (AvgIpc) is 3.03. The van der Waals surface area contributed by atoms with Crippen molar-refractivity contribution in [2.45, 2.75) is 11.8 Å². The molecule has 0 saturated carbocycles. The summed E-state index contributed by atoms with van der Waals surface area (Å²) < 4.78 is 19.3. The van der Waals surface area contributed by atoms with Gasteiger partial charge in [0.05, 0.1) is 17.4 Å². The Balaban J connectivity index is 2.13. The zero-order chi connectivity index (χ0) is 18.7. The van der Waals surface area contributed by atoms with E-state index in [2.05, 4.69) is 0 Å². The molecule has 0 amide bonds. The van der Waals surface area contributed by atoms with E-state index in [0.717, 1.165) is 27.1 Å². The zero-order valence-electron chi connectivity index (χ0n) is 15.1. The van der Waals surface area contributed by atoms with Crippen molar-refractivity contribution >= 4 is 16.8 Å². The second-order valence-corrected chi connectivity index (χ2v) is 7.29. The molecule has 0 aliphatic rings. The lowest BCUT2D eigenvalue weighted by Gasteiger charge is -2.12. The van der Waals surface area contributed by atoms with Crippen LogP contribution in [0.25, 0.3) is 22.3 Å². The van der Waals surface area contributed by atoms with Gasteiger partial charge in [0.1, 0.15) is 5.69 Å². The first kappa shape index (κ1) is 18.1. The van der Waals surface area contributed by atoms with Gasteiger partial charge < -0.3 is 9.30 Å². The van der Waals surface area contributed by atoms with Crippen LogP contribution in [0, 0.1) is 0 Å². The van der Waals surface area contributed by atoms with Gasteiger partial charge in [-0.2, -0.15) is 0 Å². The number of nitrogens with zero attached hydrogens (tertiary/aromatic N) is 1. The normalized spacial score (nSPS) is 12.0. The summed E-state index contributed by atoms with van der Waals surface area (Å²) in [6.45, 7) is 2.11. The molecule has 3 rings (SSSR count). The summed E-state index contributed by atoms with van der Waals surface area (Å²) >= 11 is 0. The fraction of sp³-hybridized carbons (Fsp3) is 0.190. The fourth-order valence-electron chi connectivity index (χ4n) is 3.00. The Hall–Kier alpha value is -2.66. The van der Waals surface area contributed by atoms with Crippen molar-refractivity contribution in [1.82, 2.24) is 4.57 Å². The van der Waals surface area contributed by atoms with Gasteiger partial charge in [-0.1, -0.05) is 42.5 Å². The number of benzene rings is 2. The number of aromatic nitrogens is 1. The molecule has 0 saturated heterocycles. The van der Waals surface area contributed by atoms with E-state index in [4.69, 9.17) is 4.74 Å². The number of carbonyl (C=O) groups excluding carboxylic acids is 1. The monoisotopic (exact) mass is 367 g/mol. The molecule has 1 atom stereocenters. The lowest BCUT2D eigenvalue weighted by atomic mass is 10.00. The van der Waals surface area contributed by atoms with Gasteiger partial charge in [0, 0.05) is 30.0 Å². The van der Waals surface area contributed by atoms with Crippen molar-refractivity contribution in [3.05, 3.63) is 66.5 Å². The molecule has 0 spiro atoms. The Kier molecular flexibility index (Phi) is 5.38. The molecule has 0 N–H and O–H groups in total. The van der Waals surface area contributed by atoms with Crippen LogP contribution in [0.15, 0.2) is 65.7 Å². The summed E-state index contributed by atoms with van der Waals surface area (Å²) in [4.78, 5) is 13.1. The Morgan fingerprint density at radius 2 is 1.77 bits per heavy atom. The van der Waals surface area contributed by atoms with E-state index in [1.54, 1.807) is 17.7 Å². The molecular weight excluding hydrogens is 346 g/mol. The minimum Gasteiger partial charge on any atom is -0.461 e. The molecule has 0 radical (unpaired) electrons. The molecule has 0 aliphatic heterocycles. The van der Waals surface area contributed by atoms with E-state index < -0.39 is 10.8 Å². The topological polar surface area (TPSA) is 48.3 Å². The van der Waals surface area contributed by atoms with Gasteiger partial charge in [-0.05, 0) is 35.7 Å². The number of hydrogen-bond donors (Lipinski definition) is 0. The Labute approximate surface area is 155 Å². The highest BCUT2D eigenvalue weighted by Gasteiger charge is 2.19. The third-order valence-corrected chi connectivity index (χ3v) is 5.19. The number of esters is 1. The molecule has 4 nitrogen and oxygen atoms in total. The molecular formula is C21H21NO3S. The third kappa shape index (κ3) is 3.48. The maximum atomic E-state index is 12.4. The van der Waals surface area contributed by atoms with Crippen molar-refractivity contribution in [3.8, 4) is 22.3 Å². The second kappa shape index (κ2) is 7.70. The van der Waals surface area contributed by atoms with Crippen LogP contribution in [0.5, 0.6) is 0 Å². The van der Waals surface area contributed by atoms with Gasteiger partial charge in [-0.3, -0.25) is 4.21 Å². The number of hydrogen-bond acceptors (Lipinski definition) is 3. The van der Waals surface area contributed by atoms with Crippen LogP contribution < -0.4 is 0 Å². The van der Waals surface area contributed by atoms with E-state index in [1.807, 2.05) is 67.8 Å². The first-order chi connectivity index (χ1) is 12.5. The Morgan fingerprint density at radius 1 is 1.04 bits per heavy atom. The molecule has 1 heterocycles. The first-order valence-corrected chi connectivity index (χ1v) is 9.94. The number of rotatable bonds is 5. The molecule has 5 heteroatoms. The van der Waals surface area contributed by atoms with Gasteiger partial charge >= 0.3 is 5.97 Å². The summed E-state index contributed by atoms with van der Waals surface area (Å²) in [7, 11) is 0.651. The largest absolute Gasteiger partial charge is 0.461 e. The number of carbonyl (C=O) groups is 1. The molecule has 26 heavy (non-hydrogen) atoms. The predicted octanol–water partition coefficient (Wildman–Crippen LogP) is 4.27. The van der Waals surface area contributed by atoms with Crippen LogP contribution in [-0.2, 0) is 22.6 Å². The minimum atomic E-state index is -1.16. The number of ether oxygens (including phenoxy) is 1. The van der Waals surface area contributed by atoms with Crippen LogP contribution in [0.4, 0.5) is 0 Å². The van der Waals surface area contributed by atoms with Gasteiger partial charge in [0.2, 0.25) is 0 Å². The summed E-state index contributed by atoms with van der Waals surface area (Å²) in [5.41, 5.74) is 4.06. The SMILES string of the molecule is CCOC(=O)c1c(-c2ccc(-c3ccccc3)c(S(C)=O)c2)ccn1C. The van der Waals surface area contributed by atoms with Crippen LogP contribution in [0.1, 0.15) is 17.4 Å². The van der Waals surface area contributed by atoms with Crippen molar-refractivity contribution < 1.29 is 13.7 Å². The zero-order valence-corrected chi connectivity index (χ0v) is 15.9. The van der Waals surface area contributed by atoms with Gasteiger partial charge in [0.25, 0.3) is 0 Å². The minimum absolute atomic E-state index is 0.320. The Morgan fingerprint density at radius 3 is 2.42 bits per heavy atom. The summed E-state index contributed by atoms with van der Waals surface area (Å²) in [5, 5.41) is 0. The maximum Gasteiger partial charge on any atom is 0.355 e. The van der Waals surface area contributed by atoms with Crippen LogP contribution in [-0.4, -0.2) is 27.6 Å². The molecule has 0 fully saturated rings. The third-order valence-electron chi connectivity index (χ3n) is 4.23. The highest BCUT2D eigenvalue weighted by molar-refractivity contribution is 7.84. The average molecular weight is 367 g/mol. The number of aryl methyl sites for hydroxylation is 1. The smallest absolute Gasteiger partial charge is 0.355 e. The summed E-state index contributed by atoms with van der Waals surface area (Å²) in [6, 6.07) is 17.6. The maximum absolute atomic E-state index is 12.4. The Bertz CT molecular complexity index is 961. The highest BCUT2D eigenvalue weighted by atomic mass is 32.2.